The molecule has 3 rings (SSSR count). The number of amides is 2. The van der Waals surface area contributed by atoms with Crippen molar-refractivity contribution in [3.05, 3.63) is 69.7 Å². The Morgan fingerprint density at radius 2 is 1.68 bits per heavy atom. The van der Waals surface area contributed by atoms with Crippen LogP contribution in [-0.4, -0.2) is 57.2 Å². The number of benzene rings is 2. The number of nitrogens with zero attached hydrogens (tertiary/aromatic N) is 2. The number of hydrogen-bond donors (Lipinski definition) is 0. The molecule has 1 aliphatic rings. The average Bonchev–Trinajstić information content (AvgIpc) is 2.93. The molecule has 1 heterocycles. The molecule has 1 fully saturated rings. The third-order valence-electron chi connectivity index (χ3n) is 8.11. The van der Waals surface area contributed by atoms with E-state index in [1.165, 1.54) is 25.9 Å². The molecule has 1 saturated heterocycles. The van der Waals surface area contributed by atoms with Gasteiger partial charge in [-0.3, -0.25) is 14.4 Å². The molecule has 0 spiro atoms. The highest BCUT2D eigenvalue weighted by atomic mass is 35.5. The maximum atomic E-state index is 14.7. The van der Waals surface area contributed by atoms with Gasteiger partial charge in [-0.05, 0) is 47.7 Å². The lowest BCUT2D eigenvalue weighted by Gasteiger charge is -2.53. The topological polar surface area (TPSA) is 93.1 Å². The number of esters is 1. The molecular weight excluding hydrogens is 640 g/mol. The van der Waals surface area contributed by atoms with Crippen molar-refractivity contribution in [1.82, 2.24) is 4.90 Å². The second kappa shape index (κ2) is 13.8. The van der Waals surface area contributed by atoms with Gasteiger partial charge in [0, 0.05) is 27.3 Å². The van der Waals surface area contributed by atoms with Crippen molar-refractivity contribution < 1.29 is 36.5 Å². The van der Waals surface area contributed by atoms with Crippen LogP contribution in [0.5, 0.6) is 0 Å². The van der Waals surface area contributed by atoms with Crippen LogP contribution in [-0.2, 0) is 28.8 Å². The van der Waals surface area contributed by atoms with Gasteiger partial charge in [0.25, 0.3) is 0 Å². The van der Waals surface area contributed by atoms with Gasteiger partial charge in [0.05, 0.1) is 40.5 Å². The first-order valence-electron chi connectivity index (χ1n) is 14.1. The number of alkyl halides is 3. The zero-order chi connectivity index (χ0) is 33.2. The molecule has 2 aromatic carbocycles. The SMILES string of the molecule is COC(=O)C[C@@]1(C)C[C@H](c2cccc(Cl)c2)[C@@H](c2ccc(Cl)cc2)N([C@H](CS(=O)(=NC(=O)C(F)(F)F)C(C)C)C(C)C)C1=O. The van der Waals surface area contributed by atoms with Crippen molar-refractivity contribution in [3.63, 3.8) is 0 Å². The second-order valence-electron chi connectivity index (χ2n) is 12.0. The van der Waals surface area contributed by atoms with Crippen LogP contribution in [0, 0.1) is 11.3 Å². The third-order valence-corrected chi connectivity index (χ3v) is 11.4. The van der Waals surface area contributed by atoms with Gasteiger partial charge in [-0.1, -0.05) is 82.1 Å². The molecule has 0 N–H and O–H groups in total. The van der Waals surface area contributed by atoms with E-state index in [0.717, 1.165) is 5.56 Å². The van der Waals surface area contributed by atoms with Gasteiger partial charge in [-0.25, -0.2) is 4.21 Å². The summed E-state index contributed by atoms with van der Waals surface area (Å²) in [6, 6.07) is 12.2. The molecule has 2 aromatic rings. The summed E-state index contributed by atoms with van der Waals surface area (Å²) in [4.78, 5) is 40.8. The molecule has 7 nitrogen and oxygen atoms in total. The highest BCUT2D eigenvalue weighted by Crippen LogP contribution is 2.52. The lowest BCUT2D eigenvalue weighted by molar-refractivity contribution is -0.169. The Bertz CT molecular complexity index is 1510. The Labute approximate surface area is 266 Å². The van der Waals surface area contributed by atoms with Crippen LogP contribution in [0.1, 0.15) is 70.5 Å². The number of hydrogen-bond acceptors (Lipinski definition) is 5. The van der Waals surface area contributed by atoms with Crippen molar-refractivity contribution in [2.75, 3.05) is 12.9 Å². The fourth-order valence-electron chi connectivity index (χ4n) is 5.67. The highest BCUT2D eigenvalue weighted by Gasteiger charge is 2.53. The monoisotopic (exact) mass is 676 g/mol. The van der Waals surface area contributed by atoms with E-state index in [4.69, 9.17) is 27.9 Å². The van der Waals surface area contributed by atoms with Gasteiger partial charge in [-0.2, -0.15) is 17.5 Å². The summed E-state index contributed by atoms with van der Waals surface area (Å²) in [5.74, 6) is -4.94. The Kier molecular flexibility index (Phi) is 11.2. The van der Waals surface area contributed by atoms with Crippen LogP contribution in [0.25, 0.3) is 0 Å². The standard InChI is InChI=1S/C31H37Cl2F3N2O5S/c1-18(2)25(17-44(42,19(3)4)37-28(40)31(34,35)36)38-27(20-10-12-22(32)13-11-20)24(21-8-7-9-23(33)14-21)15-30(5,29(38)41)16-26(39)43-6/h7-14,18-19,24-25,27H,15-17H2,1-6H3/t24-,25-,27-,30-,44?/m1/s1. The van der Waals surface area contributed by atoms with E-state index in [1.54, 1.807) is 63.2 Å². The summed E-state index contributed by atoms with van der Waals surface area (Å²) in [5.41, 5.74) is 0.112. The van der Waals surface area contributed by atoms with Crippen LogP contribution in [0.2, 0.25) is 10.0 Å². The number of carbonyl (C=O) groups is 3. The molecule has 1 aliphatic heterocycles. The zero-order valence-electron chi connectivity index (χ0n) is 25.4. The maximum Gasteiger partial charge on any atom is 0.474 e. The van der Waals surface area contributed by atoms with Crippen LogP contribution < -0.4 is 0 Å². The van der Waals surface area contributed by atoms with Crippen molar-refractivity contribution in [1.29, 1.82) is 0 Å². The third kappa shape index (κ3) is 7.95. The number of rotatable bonds is 9. The molecule has 44 heavy (non-hydrogen) atoms. The molecule has 0 aliphatic carbocycles. The van der Waals surface area contributed by atoms with Crippen LogP contribution in [0.15, 0.2) is 52.9 Å². The number of piperidine rings is 1. The van der Waals surface area contributed by atoms with E-state index in [-0.39, 0.29) is 12.8 Å². The largest absolute Gasteiger partial charge is 0.474 e. The molecule has 1 unspecified atom stereocenters. The predicted octanol–water partition coefficient (Wildman–Crippen LogP) is 7.61. The first kappa shape index (κ1) is 35.8. The zero-order valence-corrected chi connectivity index (χ0v) is 27.7. The molecule has 0 saturated carbocycles. The number of methoxy groups -OCH3 is 1. The Balaban J connectivity index is 2.35. The Morgan fingerprint density at radius 3 is 2.18 bits per heavy atom. The number of ether oxygens (including phenoxy) is 1. The van der Waals surface area contributed by atoms with E-state index < -0.39 is 74.0 Å². The predicted molar refractivity (Wildman–Crippen MR) is 165 cm³/mol. The first-order chi connectivity index (χ1) is 20.3. The van der Waals surface area contributed by atoms with Gasteiger partial charge in [-0.15, -0.1) is 0 Å². The summed E-state index contributed by atoms with van der Waals surface area (Å²) < 4.78 is 62.2. The molecule has 5 atom stereocenters. The van der Waals surface area contributed by atoms with Crippen molar-refractivity contribution in [3.8, 4) is 0 Å². The van der Waals surface area contributed by atoms with Gasteiger partial charge in [0.15, 0.2) is 0 Å². The minimum atomic E-state index is -5.31. The van der Waals surface area contributed by atoms with E-state index in [1.807, 2.05) is 6.07 Å². The highest BCUT2D eigenvalue weighted by molar-refractivity contribution is 7.94. The maximum absolute atomic E-state index is 14.7. The van der Waals surface area contributed by atoms with E-state index in [9.17, 15) is 31.8 Å². The number of halogens is 5. The Hall–Kier alpha value is -2.63. The first-order valence-corrected chi connectivity index (χ1v) is 16.6. The summed E-state index contributed by atoms with van der Waals surface area (Å²) in [6.45, 7) is 8.01. The lowest BCUT2D eigenvalue weighted by atomic mass is 9.66. The fraction of sp³-hybridized carbons (Fsp3) is 0.516. The van der Waals surface area contributed by atoms with Crippen LogP contribution in [0.3, 0.4) is 0 Å². The van der Waals surface area contributed by atoms with Gasteiger partial charge in [0.2, 0.25) is 5.91 Å². The van der Waals surface area contributed by atoms with Gasteiger partial charge in [0.1, 0.15) is 0 Å². The molecule has 0 bridgehead atoms. The minimum Gasteiger partial charge on any atom is -0.469 e. The minimum absolute atomic E-state index is 0.201. The molecule has 0 aromatic heterocycles. The normalized spacial score (nSPS) is 22.9. The number of carbonyl (C=O) groups excluding carboxylic acids is 3. The second-order valence-corrected chi connectivity index (χ2v) is 15.7. The van der Waals surface area contributed by atoms with Gasteiger partial charge < -0.3 is 9.64 Å². The quantitative estimate of drug-likeness (QED) is 0.255. The average molecular weight is 678 g/mol. The smallest absolute Gasteiger partial charge is 0.469 e. The molecule has 0 radical (unpaired) electrons. The molecule has 13 heteroatoms. The van der Waals surface area contributed by atoms with Crippen LogP contribution in [0.4, 0.5) is 13.2 Å². The molecular formula is C31H37Cl2F3N2O5S. The van der Waals surface area contributed by atoms with Crippen LogP contribution >= 0.6 is 23.2 Å². The molecule has 242 valence electrons. The summed E-state index contributed by atoms with van der Waals surface area (Å²) in [6.07, 6.45) is -5.38. The van der Waals surface area contributed by atoms with E-state index in [2.05, 4.69) is 4.36 Å². The van der Waals surface area contributed by atoms with Crippen molar-refractivity contribution in [2.45, 2.75) is 76.9 Å². The molecule has 2 amide bonds. The summed E-state index contributed by atoms with van der Waals surface area (Å²) in [5, 5.41) is -0.0535. The van der Waals surface area contributed by atoms with Gasteiger partial charge >= 0.3 is 18.1 Å². The Morgan fingerprint density at radius 1 is 1.07 bits per heavy atom. The van der Waals surface area contributed by atoms with E-state index in [0.29, 0.717) is 15.6 Å². The lowest BCUT2D eigenvalue weighted by Crippen LogP contribution is -2.59. The summed E-state index contributed by atoms with van der Waals surface area (Å²) >= 11 is 12.6. The fourth-order valence-corrected chi connectivity index (χ4v) is 8.08. The number of likely N-dealkylation sites (tertiary alicyclic amines) is 1. The van der Waals surface area contributed by atoms with E-state index >= 15 is 0 Å². The van der Waals surface area contributed by atoms with Crippen molar-refractivity contribution in [2.24, 2.45) is 15.7 Å². The van der Waals surface area contributed by atoms with Crippen molar-refractivity contribution >= 4 is 50.7 Å². The summed E-state index contributed by atoms with van der Waals surface area (Å²) in [7, 11) is -2.63.